The maximum Gasteiger partial charge on any atom is 0.224 e. The van der Waals surface area contributed by atoms with Crippen LogP contribution < -0.4 is 15.5 Å². The van der Waals surface area contributed by atoms with E-state index in [-0.39, 0.29) is 12.4 Å². The minimum atomic E-state index is 0. The number of aromatic nitrogens is 2. The van der Waals surface area contributed by atoms with E-state index >= 15 is 0 Å². The van der Waals surface area contributed by atoms with Crippen molar-refractivity contribution in [2.24, 2.45) is 0 Å². The molecule has 2 rings (SSSR count). The molecule has 0 spiro atoms. The molecule has 84 valence electrons. The van der Waals surface area contributed by atoms with Gasteiger partial charge in [-0.3, -0.25) is 0 Å². The highest BCUT2D eigenvalue weighted by atomic mass is 35.5. The second-order valence-electron chi connectivity index (χ2n) is 3.23. The smallest absolute Gasteiger partial charge is 0.224 e. The summed E-state index contributed by atoms with van der Waals surface area (Å²) in [5.74, 6) is 1.69. The third-order valence-electron chi connectivity index (χ3n) is 2.31. The first kappa shape index (κ1) is 12.0. The molecular formula is C9H16ClN5. The van der Waals surface area contributed by atoms with Crippen molar-refractivity contribution in [1.82, 2.24) is 15.3 Å². The molecule has 5 nitrogen and oxygen atoms in total. The van der Waals surface area contributed by atoms with Gasteiger partial charge in [0, 0.05) is 39.4 Å². The van der Waals surface area contributed by atoms with Crippen LogP contribution in [0.25, 0.3) is 0 Å². The van der Waals surface area contributed by atoms with Gasteiger partial charge >= 0.3 is 0 Å². The lowest BCUT2D eigenvalue weighted by Crippen LogP contribution is -2.43. The Morgan fingerprint density at radius 1 is 1.40 bits per heavy atom. The van der Waals surface area contributed by atoms with Gasteiger partial charge in [0.25, 0.3) is 0 Å². The molecule has 1 saturated heterocycles. The number of halogens is 1. The van der Waals surface area contributed by atoms with Crippen molar-refractivity contribution < 1.29 is 0 Å². The van der Waals surface area contributed by atoms with Gasteiger partial charge in [-0.05, 0) is 6.07 Å². The van der Waals surface area contributed by atoms with Crippen LogP contribution in [0.3, 0.4) is 0 Å². The molecular weight excluding hydrogens is 214 g/mol. The Morgan fingerprint density at radius 3 is 2.80 bits per heavy atom. The fraction of sp³-hybridized carbons (Fsp3) is 0.556. The van der Waals surface area contributed by atoms with E-state index in [1.165, 1.54) is 0 Å². The highest BCUT2D eigenvalue weighted by Crippen LogP contribution is 2.11. The highest BCUT2D eigenvalue weighted by molar-refractivity contribution is 5.85. The summed E-state index contributed by atoms with van der Waals surface area (Å²) in [4.78, 5) is 10.7. The van der Waals surface area contributed by atoms with E-state index in [1.54, 1.807) is 6.20 Å². The third-order valence-corrected chi connectivity index (χ3v) is 2.31. The van der Waals surface area contributed by atoms with Crippen LogP contribution in [0.15, 0.2) is 12.3 Å². The fourth-order valence-electron chi connectivity index (χ4n) is 1.54. The van der Waals surface area contributed by atoms with Crippen LogP contribution in [-0.2, 0) is 0 Å². The van der Waals surface area contributed by atoms with Crippen molar-refractivity contribution in [3.63, 3.8) is 0 Å². The molecule has 1 aromatic rings. The molecule has 0 amide bonds. The lowest BCUT2D eigenvalue weighted by atomic mass is 10.3. The third kappa shape index (κ3) is 2.94. The molecule has 1 aliphatic rings. The van der Waals surface area contributed by atoms with Gasteiger partial charge in [-0.25, -0.2) is 4.98 Å². The lowest BCUT2D eigenvalue weighted by molar-refractivity contribution is 0.585. The minimum absolute atomic E-state index is 0. The zero-order valence-corrected chi connectivity index (χ0v) is 9.55. The Bertz CT molecular complexity index is 300. The quantitative estimate of drug-likeness (QED) is 0.767. The summed E-state index contributed by atoms with van der Waals surface area (Å²) in [5.41, 5.74) is 0. The maximum atomic E-state index is 4.39. The zero-order valence-electron chi connectivity index (χ0n) is 8.73. The van der Waals surface area contributed by atoms with Gasteiger partial charge in [0.2, 0.25) is 5.95 Å². The Hall–Kier alpha value is -1.07. The predicted molar refractivity (Wildman–Crippen MR) is 63.9 cm³/mol. The van der Waals surface area contributed by atoms with Crippen molar-refractivity contribution in [3.8, 4) is 0 Å². The number of hydrogen-bond donors (Lipinski definition) is 2. The van der Waals surface area contributed by atoms with E-state index in [1.807, 2.05) is 13.1 Å². The van der Waals surface area contributed by atoms with Gasteiger partial charge in [0.05, 0.1) is 0 Å². The van der Waals surface area contributed by atoms with E-state index in [2.05, 4.69) is 25.5 Å². The molecule has 0 radical (unpaired) electrons. The minimum Gasteiger partial charge on any atom is -0.357 e. The summed E-state index contributed by atoms with van der Waals surface area (Å²) in [6.07, 6.45) is 1.79. The first-order valence-corrected chi connectivity index (χ1v) is 4.86. The Labute approximate surface area is 95.7 Å². The lowest BCUT2D eigenvalue weighted by Gasteiger charge is -2.28. The Balaban J connectivity index is 0.00000112. The topological polar surface area (TPSA) is 53.1 Å². The predicted octanol–water partition coefficient (Wildman–Crippen LogP) is 0.350. The van der Waals surface area contributed by atoms with Crippen LogP contribution in [0, 0.1) is 0 Å². The summed E-state index contributed by atoms with van der Waals surface area (Å²) in [6.45, 7) is 4.08. The Kier molecular flexibility index (Phi) is 4.58. The SMILES string of the molecule is CNc1nccc(N2CCNCC2)n1.Cl. The monoisotopic (exact) mass is 229 g/mol. The first-order valence-electron chi connectivity index (χ1n) is 4.86. The average Bonchev–Trinajstić information content (AvgIpc) is 2.30. The van der Waals surface area contributed by atoms with Crippen LogP contribution in [0.2, 0.25) is 0 Å². The highest BCUT2D eigenvalue weighted by Gasteiger charge is 2.11. The number of hydrogen-bond acceptors (Lipinski definition) is 5. The number of piperazine rings is 1. The summed E-state index contributed by atoms with van der Waals surface area (Å²) in [6, 6.07) is 1.95. The fourth-order valence-corrected chi connectivity index (χ4v) is 1.54. The van der Waals surface area contributed by atoms with Crippen molar-refractivity contribution in [2.75, 3.05) is 43.4 Å². The van der Waals surface area contributed by atoms with E-state index < -0.39 is 0 Å². The summed E-state index contributed by atoms with van der Waals surface area (Å²) in [5, 5.41) is 6.25. The van der Waals surface area contributed by atoms with Crippen molar-refractivity contribution in [2.45, 2.75) is 0 Å². The molecule has 2 N–H and O–H groups in total. The molecule has 15 heavy (non-hydrogen) atoms. The van der Waals surface area contributed by atoms with Gasteiger partial charge in [-0.15, -0.1) is 12.4 Å². The molecule has 0 bridgehead atoms. The number of nitrogens with zero attached hydrogens (tertiary/aromatic N) is 3. The summed E-state index contributed by atoms with van der Waals surface area (Å²) in [7, 11) is 1.83. The molecule has 1 fully saturated rings. The van der Waals surface area contributed by atoms with Gasteiger partial charge in [0.1, 0.15) is 5.82 Å². The van der Waals surface area contributed by atoms with Crippen LogP contribution in [0.1, 0.15) is 0 Å². The van der Waals surface area contributed by atoms with E-state index in [0.717, 1.165) is 32.0 Å². The second-order valence-corrected chi connectivity index (χ2v) is 3.23. The van der Waals surface area contributed by atoms with Crippen LogP contribution in [0.4, 0.5) is 11.8 Å². The number of rotatable bonds is 2. The van der Waals surface area contributed by atoms with Crippen LogP contribution in [0.5, 0.6) is 0 Å². The van der Waals surface area contributed by atoms with E-state index in [4.69, 9.17) is 0 Å². The average molecular weight is 230 g/mol. The van der Waals surface area contributed by atoms with E-state index in [9.17, 15) is 0 Å². The number of nitrogens with one attached hydrogen (secondary N) is 2. The van der Waals surface area contributed by atoms with Gasteiger partial charge < -0.3 is 15.5 Å². The van der Waals surface area contributed by atoms with Crippen molar-refractivity contribution in [3.05, 3.63) is 12.3 Å². The normalized spacial score (nSPS) is 15.7. The molecule has 0 unspecified atom stereocenters. The van der Waals surface area contributed by atoms with Crippen molar-refractivity contribution in [1.29, 1.82) is 0 Å². The molecule has 2 heterocycles. The van der Waals surface area contributed by atoms with Crippen molar-refractivity contribution >= 4 is 24.2 Å². The molecule has 0 saturated carbocycles. The number of anilines is 2. The van der Waals surface area contributed by atoms with Gasteiger partial charge in [0.15, 0.2) is 0 Å². The standard InChI is InChI=1S/C9H15N5.ClH/c1-10-9-12-3-2-8(13-9)14-6-4-11-5-7-14;/h2-3,11H,4-7H2,1H3,(H,10,12,13);1H. The molecule has 1 aliphatic heterocycles. The van der Waals surface area contributed by atoms with Crippen LogP contribution in [-0.4, -0.2) is 43.2 Å². The van der Waals surface area contributed by atoms with Gasteiger partial charge in [-0.2, -0.15) is 4.98 Å². The molecule has 0 atom stereocenters. The first-order chi connectivity index (χ1) is 6.90. The molecule has 0 aromatic carbocycles. The van der Waals surface area contributed by atoms with Gasteiger partial charge in [-0.1, -0.05) is 0 Å². The second kappa shape index (κ2) is 5.72. The maximum absolute atomic E-state index is 4.39. The molecule has 1 aromatic heterocycles. The molecule has 0 aliphatic carbocycles. The van der Waals surface area contributed by atoms with Crippen LogP contribution >= 0.6 is 12.4 Å². The Morgan fingerprint density at radius 2 is 2.13 bits per heavy atom. The summed E-state index contributed by atoms with van der Waals surface area (Å²) < 4.78 is 0. The molecule has 6 heteroatoms. The summed E-state index contributed by atoms with van der Waals surface area (Å²) >= 11 is 0. The van der Waals surface area contributed by atoms with E-state index in [0.29, 0.717) is 5.95 Å². The zero-order chi connectivity index (χ0) is 9.80. The largest absolute Gasteiger partial charge is 0.357 e.